The second-order valence-electron chi connectivity index (χ2n) is 5.21. The zero-order valence-corrected chi connectivity index (χ0v) is 14.1. The summed E-state index contributed by atoms with van der Waals surface area (Å²) >= 11 is 6.88. The van der Waals surface area contributed by atoms with Gasteiger partial charge >= 0.3 is 6.18 Å². The Morgan fingerprint density at radius 1 is 1.16 bits per heavy atom. The first-order valence-electron chi connectivity index (χ1n) is 6.99. The number of halogens is 4. The first-order valence-corrected chi connectivity index (χ1v) is 8.18. The van der Waals surface area contributed by atoms with E-state index >= 15 is 0 Å². The summed E-state index contributed by atoms with van der Waals surface area (Å²) in [7, 11) is 0. The summed E-state index contributed by atoms with van der Waals surface area (Å²) in [5, 5.41) is 11.7. The highest BCUT2D eigenvalue weighted by Gasteiger charge is 2.38. The maximum absolute atomic E-state index is 12.9. The number of benzene rings is 1. The molecule has 4 rings (SSSR count). The summed E-state index contributed by atoms with van der Waals surface area (Å²) in [5.74, 6) is -0.0290. The molecule has 0 radical (unpaired) electrons. The molecule has 0 fully saturated rings. The lowest BCUT2D eigenvalue weighted by Gasteiger charge is -2.00. The van der Waals surface area contributed by atoms with E-state index in [0.29, 0.717) is 31.6 Å². The van der Waals surface area contributed by atoms with Crippen molar-refractivity contribution in [2.24, 2.45) is 0 Å². The SMILES string of the molecule is Cc1oc(-c2ccc(Cl)cc2)cc1-c1nn2c(C(F)(F)F)nnc2s1. The molecule has 1 aromatic carbocycles. The van der Waals surface area contributed by atoms with Gasteiger partial charge < -0.3 is 4.42 Å². The van der Waals surface area contributed by atoms with Crippen molar-refractivity contribution in [1.29, 1.82) is 0 Å². The molecule has 25 heavy (non-hydrogen) atoms. The Morgan fingerprint density at radius 2 is 1.88 bits per heavy atom. The predicted molar refractivity (Wildman–Crippen MR) is 86.5 cm³/mol. The van der Waals surface area contributed by atoms with Crippen LogP contribution in [-0.4, -0.2) is 19.8 Å². The smallest absolute Gasteiger partial charge is 0.453 e. The molecule has 5 nitrogen and oxygen atoms in total. The van der Waals surface area contributed by atoms with Gasteiger partial charge in [0, 0.05) is 10.6 Å². The summed E-state index contributed by atoms with van der Waals surface area (Å²) in [4.78, 5) is 0.0657. The van der Waals surface area contributed by atoms with E-state index in [2.05, 4.69) is 15.3 Å². The van der Waals surface area contributed by atoms with Crippen molar-refractivity contribution in [3.05, 3.63) is 46.9 Å². The minimum Gasteiger partial charge on any atom is -0.461 e. The third kappa shape index (κ3) is 2.79. The molecule has 0 bridgehead atoms. The van der Waals surface area contributed by atoms with Crippen molar-refractivity contribution in [1.82, 2.24) is 19.8 Å². The fourth-order valence-corrected chi connectivity index (χ4v) is 3.38. The standard InChI is InChI=1S/C15H8ClF3N4OS/c1-7-10(6-11(24-7)8-2-4-9(16)5-3-8)12-22-23-13(15(17,18)19)20-21-14(23)25-12/h2-6H,1H3. The second-order valence-corrected chi connectivity index (χ2v) is 6.60. The van der Waals surface area contributed by atoms with E-state index in [-0.39, 0.29) is 4.96 Å². The average molecular weight is 385 g/mol. The van der Waals surface area contributed by atoms with E-state index in [0.717, 1.165) is 16.9 Å². The molecule has 0 unspecified atom stereocenters. The highest BCUT2D eigenvalue weighted by Crippen LogP contribution is 2.36. The lowest BCUT2D eigenvalue weighted by molar-refractivity contribution is -0.146. The summed E-state index contributed by atoms with van der Waals surface area (Å²) in [5.41, 5.74) is 1.41. The molecule has 128 valence electrons. The zero-order valence-electron chi connectivity index (χ0n) is 12.5. The predicted octanol–water partition coefficient (Wildman–Crippen LogP) is 5.09. The van der Waals surface area contributed by atoms with Gasteiger partial charge in [-0.3, -0.25) is 0 Å². The normalized spacial score (nSPS) is 12.2. The Kier molecular flexibility index (Phi) is 3.58. The number of rotatable bonds is 2. The first-order chi connectivity index (χ1) is 11.8. The number of aromatic nitrogens is 4. The maximum atomic E-state index is 12.9. The molecule has 4 aromatic rings. The highest BCUT2D eigenvalue weighted by atomic mass is 35.5. The molecular weight excluding hydrogens is 377 g/mol. The fraction of sp³-hybridized carbons (Fsp3) is 0.133. The Bertz CT molecular complexity index is 1070. The number of hydrogen-bond acceptors (Lipinski definition) is 5. The van der Waals surface area contributed by atoms with Crippen LogP contribution in [-0.2, 0) is 6.18 Å². The van der Waals surface area contributed by atoms with Crippen molar-refractivity contribution in [2.75, 3.05) is 0 Å². The van der Waals surface area contributed by atoms with Crippen LogP contribution >= 0.6 is 22.9 Å². The van der Waals surface area contributed by atoms with Crippen LogP contribution < -0.4 is 0 Å². The molecule has 3 heterocycles. The molecule has 0 atom stereocenters. The Labute approximate surface area is 147 Å². The minimum atomic E-state index is -4.62. The van der Waals surface area contributed by atoms with Gasteiger partial charge in [-0.05, 0) is 37.3 Å². The monoisotopic (exact) mass is 384 g/mol. The minimum absolute atomic E-state index is 0.0657. The van der Waals surface area contributed by atoms with Crippen molar-refractivity contribution in [3.63, 3.8) is 0 Å². The number of aryl methyl sites for hydroxylation is 1. The quantitative estimate of drug-likeness (QED) is 0.483. The average Bonchev–Trinajstić information content (AvgIpc) is 3.19. The van der Waals surface area contributed by atoms with Crippen LogP contribution in [0.1, 0.15) is 11.6 Å². The number of furan rings is 1. The Hall–Kier alpha value is -2.39. The Morgan fingerprint density at radius 3 is 2.56 bits per heavy atom. The summed E-state index contributed by atoms with van der Waals surface area (Å²) in [6, 6.07) is 8.79. The van der Waals surface area contributed by atoms with Crippen LogP contribution in [0.15, 0.2) is 34.7 Å². The zero-order chi connectivity index (χ0) is 17.8. The van der Waals surface area contributed by atoms with Gasteiger partial charge in [-0.25, -0.2) is 0 Å². The van der Waals surface area contributed by atoms with Crippen LogP contribution in [0.3, 0.4) is 0 Å². The van der Waals surface area contributed by atoms with Crippen LogP contribution in [0, 0.1) is 6.92 Å². The molecule has 0 saturated carbocycles. The summed E-state index contributed by atoms with van der Waals surface area (Å²) < 4.78 is 45.2. The molecule has 0 aliphatic rings. The van der Waals surface area contributed by atoms with Crippen LogP contribution in [0.4, 0.5) is 13.2 Å². The molecule has 3 aromatic heterocycles. The number of alkyl halides is 3. The number of fused-ring (bicyclic) bond motifs is 1. The van der Waals surface area contributed by atoms with Crippen molar-refractivity contribution >= 4 is 27.9 Å². The van der Waals surface area contributed by atoms with Crippen molar-refractivity contribution < 1.29 is 17.6 Å². The van der Waals surface area contributed by atoms with Gasteiger partial charge in [0.1, 0.15) is 11.5 Å². The molecular formula is C15H8ClF3N4OS. The first kappa shape index (κ1) is 16.1. The number of nitrogens with zero attached hydrogens (tertiary/aromatic N) is 4. The van der Waals surface area contributed by atoms with Gasteiger partial charge in [0.2, 0.25) is 4.96 Å². The van der Waals surface area contributed by atoms with Gasteiger partial charge in [0.25, 0.3) is 5.82 Å². The number of hydrogen-bond donors (Lipinski definition) is 0. The van der Waals surface area contributed by atoms with Gasteiger partial charge in [-0.1, -0.05) is 22.9 Å². The van der Waals surface area contributed by atoms with Crippen molar-refractivity contribution in [3.8, 4) is 21.9 Å². The molecule has 0 aliphatic carbocycles. The fourth-order valence-electron chi connectivity index (χ4n) is 2.35. The summed E-state index contributed by atoms with van der Waals surface area (Å²) in [6.07, 6.45) is -4.62. The molecule has 0 aliphatic heterocycles. The van der Waals surface area contributed by atoms with Gasteiger partial charge in [0.05, 0.1) is 5.56 Å². The third-order valence-electron chi connectivity index (χ3n) is 3.52. The molecule has 0 N–H and O–H groups in total. The van der Waals surface area contributed by atoms with Gasteiger partial charge in [0.15, 0.2) is 5.01 Å². The van der Waals surface area contributed by atoms with E-state index in [4.69, 9.17) is 16.0 Å². The molecule has 0 amide bonds. The molecule has 10 heteroatoms. The summed E-state index contributed by atoms with van der Waals surface area (Å²) in [6.45, 7) is 1.72. The topological polar surface area (TPSA) is 56.2 Å². The second kappa shape index (κ2) is 5.57. The van der Waals surface area contributed by atoms with Gasteiger partial charge in [-0.15, -0.1) is 10.2 Å². The van der Waals surface area contributed by atoms with Crippen LogP contribution in [0.2, 0.25) is 5.02 Å². The Balaban J connectivity index is 1.79. The van der Waals surface area contributed by atoms with Crippen molar-refractivity contribution in [2.45, 2.75) is 13.1 Å². The van der Waals surface area contributed by atoms with Gasteiger partial charge in [-0.2, -0.15) is 22.8 Å². The van der Waals surface area contributed by atoms with Crippen LogP contribution in [0.5, 0.6) is 0 Å². The lowest BCUT2D eigenvalue weighted by atomic mass is 10.1. The van der Waals surface area contributed by atoms with Crippen LogP contribution in [0.25, 0.3) is 26.9 Å². The molecule has 0 spiro atoms. The maximum Gasteiger partial charge on any atom is 0.453 e. The van der Waals surface area contributed by atoms with E-state index in [1.807, 2.05) is 0 Å². The molecule has 0 saturated heterocycles. The largest absolute Gasteiger partial charge is 0.461 e. The van der Waals surface area contributed by atoms with E-state index in [9.17, 15) is 13.2 Å². The third-order valence-corrected chi connectivity index (χ3v) is 4.71. The highest BCUT2D eigenvalue weighted by molar-refractivity contribution is 7.19. The lowest BCUT2D eigenvalue weighted by Crippen LogP contribution is -2.11. The van der Waals surface area contributed by atoms with E-state index in [1.54, 1.807) is 37.3 Å². The van der Waals surface area contributed by atoms with E-state index in [1.165, 1.54) is 0 Å². The van der Waals surface area contributed by atoms with E-state index < -0.39 is 12.0 Å².